The van der Waals surface area contributed by atoms with E-state index in [4.69, 9.17) is 16.7 Å². The molecule has 1 aliphatic rings. The summed E-state index contributed by atoms with van der Waals surface area (Å²) in [6, 6.07) is 5.45. The molecular formula is C14H19ClN2O2. The third-order valence-electron chi connectivity index (χ3n) is 3.69. The molecule has 4 nitrogen and oxygen atoms in total. The van der Waals surface area contributed by atoms with E-state index in [0.717, 1.165) is 17.8 Å². The highest BCUT2D eigenvalue weighted by Crippen LogP contribution is 2.34. The lowest BCUT2D eigenvalue weighted by molar-refractivity contribution is -0.136. The van der Waals surface area contributed by atoms with Crippen LogP contribution in [0.3, 0.4) is 0 Å². The van der Waals surface area contributed by atoms with Crippen molar-refractivity contribution in [2.24, 2.45) is 0 Å². The van der Waals surface area contributed by atoms with Gasteiger partial charge in [0.15, 0.2) is 0 Å². The molecule has 0 aromatic heterocycles. The lowest BCUT2D eigenvalue weighted by Gasteiger charge is -2.46. The molecule has 1 saturated heterocycles. The summed E-state index contributed by atoms with van der Waals surface area (Å²) in [7, 11) is 1.82. The molecule has 0 atom stereocenters. The third-order valence-corrected chi connectivity index (χ3v) is 3.99. The molecule has 5 heteroatoms. The van der Waals surface area contributed by atoms with Crippen molar-refractivity contribution in [3.8, 4) is 0 Å². The first-order valence-electron chi connectivity index (χ1n) is 6.30. The van der Waals surface area contributed by atoms with Gasteiger partial charge in [-0.15, -0.1) is 0 Å². The fourth-order valence-corrected chi connectivity index (χ4v) is 2.81. The Morgan fingerprint density at radius 3 is 2.63 bits per heavy atom. The normalized spacial score (nSPS) is 18.9. The summed E-state index contributed by atoms with van der Waals surface area (Å²) in [6.45, 7) is 5.20. The summed E-state index contributed by atoms with van der Waals surface area (Å²) < 4.78 is 0. The Kier molecular flexibility index (Phi) is 3.74. The van der Waals surface area contributed by atoms with E-state index in [-0.39, 0.29) is 12.5 Å². The fraction of sp³-hybridized carbons (Fsp3) is 0.500. The van der Waals surface area contributed by atoms with E-state index < -0.39 is 5.54 Å². The number of benzene rings is 1. The third kappa shape index (κ3) is 2.42. The molecule has 19 heavy (non-hydrogen) atoms. The minimum Gasteiger partial charge on any atom is -0.392 e. The van der Waals surface area contributed by atoms with Crippen LogP contribution in [-0.4, -0.2) is 41.6 Å². The standard InChI is InChI=1S/C14H19ClN2O2/c1-14(2)13(19)16(3)6-7-17(14)12-5-4-10(9-18)8-11(12)15/h4-5,8,18H,6-7,9H2,1-3H3. The lowest BCUT2D eigenvalue weighted by Crippen LogP contribution is -2.62. The largest absolute Gasteiger partial charge is 0.392 e. The van der Waals surface area contributed by atoms with E-state index in [1.807, 2.05) is 37.9 Å². The van der Waals surface area contributed by atoms with E-state index >= 15 is 0 Å². The smallest absolute Gasteiger partial charge is 0.247 e. The predicted molar refractivity (Wildman–Crippen MR) is 76.4 cm³/mol. The van der Waals surface area contributed by atoms with Crippen LogP contribution in [-0.2, 0) is 11.4 Å². The number of carbonyl (C=O) groups is 1. The number of nitrogens with zero attached hydrogens (tertiary/aromatic N) is 2. The number of hydrogen-bond acceptors (Lipinski definition) is 3. The zero-order valence-corrected chi connectivity index (χ0v) is 12.2. The summed E-state index contributed by atoms with van der Waals surface area (Å²) >= 11 is 6.28. The Balaban J connectivity index is 2.38. The van der Waals surface area contributed by atoms with Crippen molar-refractivity contribution in [1.29, 1.82) is 0 Å². The molecule has 1 aliphatic heterocycles. The fourth-order valence-electron chi connectivity index (χ4n) is 2.50. The Hall–Kier alpha value is -1.26. The van der Waals surface area contributed by atoms with Crippen molar-refractivity contribution in [2.45, 2.75) is 26.0 Å². The average molecular weight is 283 g/mol. The number of aliphatic hydroxyl groups is 1. The summed E-state index contributed by atoms with van der Waals surface area (Å²) in [4.78, 5) is 16.0. The van der Waals surface area contributed by atoms with Crippen molar-refractivity contribution < 1.29 is 9.90 Å². The molecule has 0 radical (unpaired) electrons. The Bertz CT molecular complexity index is 502. The van der Waals surface area contributed by atoms with Crippen molar-refractivity contribution >= 4 is 23.2 Å². The molecule has 1 aromatic rings. The van der Waals surface area contributed by atoms with Gasteiger partial charge in [0.1, 0.15) is 5.54 Å². The number of anilines is 1. The SMILES string of the molecule is CN1CCN(c2ccc(CO)cc2Cl)C(C)(C)C1=O. The number of rotatable bonds is 2. The van der Waals surface area contributed by atoms with E-state index in [9.17, 15) is 4.79 Å². The van der Waals surface area contributed by atoms with E-state index in [2.05, 4.69) is 0 Å². The molecule has 0 bridgehead atoms. The van der Waals surface area contributed by atoms with Gasteiger partial charge >= 0.3 is 0 Å². The van der Waals surface area contributed by atoms with Gasteiger partial charge in [0.25, 0.3) is 0 Å². The second-order valence-corrected chi connectivity index (χ2v) is 5.79. The van der Waals surface area contributed by atoms with Gasteiger partial charge in [0.05, 0.1) is 17.3 Å². The Morgan fingerprint density at radius 1 is 1.37 bits per heavy atom. The first-order valence-corrected chi connectivity index (χ1v) is 6.68. The molecule has 1 heterocycles. The second-order valence-electron chi connectivity index (χ2n) is 5.38. The first kappa shape index (κ1) is 14.2. The zero-order valence-electron chi connectivity index (χ0n) is 11.5. The van der Waals surface area contributed by atoms with Gasteiger partial charge in [-0.3, -0.25) is 4.79 Å². The van der Waals surface area contributed by atoms with E-state index in [1.54, 1.807) is 11.0 Å². The summed E-state index contributed by atoms with van der Waals surface area (Å²) in [6.07, 6.45) is 0. The average Bonchev–Trinajstić information content (AvgIpc) is 2.37. The molecule has 0 saturated carbocycles. The molecule has 0 spiro atoms. The monoisotopic (exact) mass is 282 g/mol. The van der Waals surface area contributed by atoms with Crippen LogP contribution in [0.5, 0.6) is 0 Å². The maximum Gasteiger partial charge on any atom is 0.247 e. The number of amides is 1. The Morgan fingerprint density at radius 2 is 2.05 bits per heavy atom. The molecule has 1 N–H and O–H groups in total. The predicted octanol–water partition coefficient (Wildman–Crippen LogP) is 1.89. The zero-order chi connectivity index (χ0) is 14.2. The van der Waals surface area contributed by atoms with Crippen LogP contribution in [0, 0.1) is 0 Å². The van der Waals surface area contributed by atoms with Gasteiger partial charge in [0, 0.05) is 20.1 Å². The van der Waals surface area contributed by atoms with Crippen LogP contribution in [0.15, 0.2) is 18.2 Å². The molecular weight excluding hydrogens is 264 g/mol. The lowest BCUT2D eigenvalue weighted by atomic mass is 9.96. The summed E-state index contributed by atoms with van der Waals surface area (Å²) in [5.41, 5.74) is 0.995. The maximum atomic E-state index is 12.3. The second kappa shape index (κ2) is 5.02. The number of hydrogen-bond donors (Lipinski definition) is 1. The molecule has 1 aromatic carbocycles. The van der Waals surface area contributed by atoms with Crippen LogP contribution in [0.2, 0.25) is 5.02 Å². The summed E-state index contributed by atoms with van der Waals surface area (Å²) in [5.74, 6) is 0.0843. The first-order chi connectivity index (χ1) is 8.87. The van der Waals surface area contributed by atoms with Gasteiger partial charge in [-0.2, -0.15) is 0 Å². The van der Waals surface area contributed by atoms with Gasteiger partial charge < -0.3 is 14.9 Å². The van der Waals surface area contributed by atoms with Crippen LogP contribution in [0.4, 0.5) is 5.69 Å². The molecule has 0 aliphatic carbocycles. The highest BCUT2D eigenvalue weighted by molar-refractivity contribution is 6.33. The van der Waals surface area contributed by atoms with Gasteiger partial charge in [-0.25, -0.2) is 0 Å². The van der Waals surface area contributed by atoms with Crippen molar-refractivity contribution in [1.82, 2.24) is 4.90 Å². The van der Waals surface area contributed by atoms with Gasteiger partial charge in [-0.1, -0.05) is 17.7 Å². The molecule has 1 amide bonds. The number of likely N-dealkylation sites (N-methyl/N-ethyl adjacent to an activating group) is 1. The highest BCUT2D eigenvalue weighted by atomic mass is 35.5. The van der Waals surface area contributed by atoms with Gasteiger partial charge in [-0.05, 0) is 31.5 Å². The quantitative estimate of drug-likeness (QED) is 0.901. The minimum atomic E-state index is -0.614. The van der Waals surface area contributed by atoms with Gasteiger partial charge in [0.2, 0.25) is 5.91 Å². The molecule has 1 fully saturated rings. The number of aliphatic hydroxyl groups excluding tert-OH is 1. The van der Waals surface area contributed by atoms with E-state index in [0.29, 0.717) is 11.6 Å². The van der Waals surface area contributed by atoms with Crippen molar-refractivity contribution in [2.75, 3.05) is 25.0 Å². The number of piperazine rings is 1. The molecule has 2 rings (SSSR count). The topological polar surface area (TPSA) is 43.8 Å². The van der Waals surface area contributed by atoms with Crippen LogP contribution >= 0.6 is 11.6 Å². The van der Waals surface area contributed by atoms with Crippen LogP contribution in [0.1, 0.15) is 19.4 Å². The molecule has 0 unspecified atom stereocenters. The molecule has 104 valence electrons. The number of halogens is 1. The van der Waals surface area contributed by atoms with Crippen LogP contribution < -0.4 is 4.90 Å². The van der Waals surface area contributed by atoms with Crippen molar-refractivity contribution in [3.05, 3.63) is 28.8 Å². The summed E-state index contributed by atoms with van der Waals surface area (Å²) in [5, 5.41) is 9.68. The maximum absolute atomic E-state index is 12.3. The number of carbonyl (C=O) groups excluding carboxylic acids is 1. The highest BCUT2D eigenvalue weighted by Gasteiger charge is 2.41. The Labute approximate surface area is 118 Å². The van der Waals surface area contributed by atoms with Crippen molar-refractivity contribution in [3.63, 3.8) is 0 Å². The van der Waals surface area contributed by atoms with E-state index in [1.165, 1.54) is 0 Å². The van der Waals surface area contributed by atoms with Crippen LogP contribution in [0.25, 0.3) is 0 Å². The minimum absolute atomic E-state index is 0.0366.